The number of nitrogens with zero attached hydrogens (tertiary/aromatic N) is 2. The number of hydrogen-bond acceptors (Lipinski definition) is 2. The minimum absolute atomic E-state index is 0.127. The van der Waals surface area contributed by atoms with Gasteiger partial charge in [-0.3, -0.25) is 4.84 Å². The van der Waals surface area contributed by atoms with Gasteiger partial charge < -0.3 is 0 Å². The summed E-state index contributed by atoms with van der Waals surface area (Å²) in [6.07, 6.45) is -2.71. The molecule has 1 radical (unpaired) electrons. The lowest BCUT2D eigenvalue weighted by molar-refractivity contribution is -0.328. The molecule has 0 saturated heterocycles. The van der Waals surface area contributed by atoms with Crippen LogP contribution in [-0.2, 0) is 0 Å². The Hall–Kier alpha value is -0.910. The van der Waals surface area contributed by atoms with E-state index >= 15 is 0 Å². The van der Waals surface area contributed by atoms with Crippen LogP contribution in [0.3, 0.4) is 0 Å². The van der Waals surface area contributed by atoms with E-state index < -0.39 is 6.36 Å². The van der Waals surface area contributed by atoms with E-state index in [9.17, 15) is 13.2 Å². The molecule has 0 amide bonds. The van der Waals surface area contributed by atoms with Crippen LogP contribution in [-0.4, -0.2) is 16.3 Å². The van der Waals surface area contributed by atoms with Crippen molar-refractivity contribution >= 4 is 11.6 Å². The summed E-state index contributed by atoms with van der Waals surface area (Å²) in [6, 6.07) is 1.05. The highest BCUT2D eigenvalue weighted by Gasteiger charge is 2.33. The smallest absolute Gasteiger partial charge is 0.294 e. The van der Waals surface area contributed by atoms with Crippen LogP contribution >= 0.6 is 11.6 Å². The highest BCUT2D eigenvalue weighted by Crippen LogP contribution is 2.14. The number of alkyl halides is 3. The molecule has 0 aliphatic heterocycles. The van der Waals surface area contributed by atoms with Crippen molar-refractivity contribution in [1.29, 1.82) is 0 Å². The first-order chi connectivity index (χ1) is 4.99. The van der Waals surface area contributed by atoms with Gasteiger partial charge in [-0.1, -0.05) is 16.4 Å². The molecule has 0 aliphatic rings. The van der Waals surface area contributed by atoms with Gasteiger partial charge in [0.05, 0.1) is 0 Å². The third-order valence-electron chi connectivity index (χ3n) is 0.705. The standard InChI is InChI=1S/C4HClF3N2O/c5-3-1-2-9-10(3)11-4(6,7)8/h1H. The predicted molar refractivity (Wildman–Crippen MR) is 28.7 cm³/mol. The van der Waals surface area contributed by atoms with Crippen LogP contribution in [0, 0.1) is 6.20 Å². The van der Waals surface area contributed by atoms with Gasteiger partial charge in [0.1, 0.15) is 6.20 Å². The summed E-state index contributed by atoms with van der Waals surface area (Å²) in [4.78, 5) is 3.44. The highest BCUT2D eigenvalue weighted by atomic mass is 35.5. The molecule has 1 aromatic heterocycles. The van der Waals surface area contributed by atoms with Gasteiger partial charge >= 0.3 is 6.36 Å². The lowest BCUT2D eigenvalue weighted by Crippen LogP contribution is -2.27. The van der Waals surface area contributed by atoms with E-state index in [1.54, 1.807) is 0 Å². The van der Waals surface area contributed by atoms with Crippen molar-refractivity contribution in [1.82, 2.24) is 9.94 Å². The summed E-state index contributed by atoms with van der Waals surface area (Å²) in [5.41, 5.74) is 0. The highest BCUT2D eigenvalue weighted by molar-refractivity contribution is 6.29. The molecule has 0 fully saturated rings. The van der Waals surface area contributed by atoms with E-state index in [4.69, 9.17) is 11.6 Å². The lowest BCUT2D eigenvalue weighted by Gasteiger charge is -2.06. The van der Waals surface area contributed by atoms with Crippen LogP contribution in [0.2, 0.25) is 5.15 Å². The number of rotatable bonds is 1. The molecule has 61 valence electrons. The fourth-order valence-electron chi connectivity index (χ4n) is 0.400. The molecular formula is C4HClF3N2O. The maximum atomic E-state index is 11.4. The van der Waals surface area contributed by atoms with Crippen LogP contribution in [0.25, 0.3) is 0 Å². The summed E-state index contributed by atoms with van der Waals surface area (Å²) in [6.45, 7) is 0. The largest absolute Gasteiger partial charge is 0.593 e. The van der Waals surface area contributed by atoms with Gasteiger partial charge in [0.15, 0.2) is 5.15 Å². The normalized spacial score (nSPS) is 11.6. The summed E-state index contributed by atoms with van der Waals surface area (Å²) in [5.74, 6) is 0. The van der Waals surface area contributed by atoms with E-state index in [1.165, 1.54) is 0 Å². The Bertz CT molecular complexity index is 246. The van der Waals surface area contributed by atoms with E-state index in [0.717, 1.165) is 6.07 Å². The summed E-state index contributed by atoms with van der Waals surface area (Å²) in [5, 5.41) is 2.73. The summed E-state index contributed by atoms with van der Waals surface area (Å²) in [7, 11) is 0. The molecule has 7 heteroatoms. The molecule has 11 heavy (non-hydrogen) atoms. The molecule has 0 atom stereocenters. The molecule has 0 aliphatic carbocycles. The Labute approximate surface area is 64.3 Å². The van der Waals surface area contributed by atoms with Gasteiger partial charge in [-0.25, -0.2) is 0 Å². The molecule has 0 aromatic carbocycles. The Morgan fingerprint density at radius 3 is 2.64 bits per heavy atom. The van der Waals surface area contributed by atoms with Gasteiger partial charge in [-0.15, -0.1) is 18.3 Å². The molecule has 1 rings (SSSR count). The van der Waals surface area contributed by atoms with E-state index in [-0.39, 0.29) is 10.00 Å². The van der Waals surface area contributed by atoms with E-state index in [0.29, 0.717) is 0 Å². The van der Waals surface area contributed by atoms with Crippen molar-refractivity contribution in [2.45, 2.75) is 6.36 Å². The lowest BCUT2D eigenvalue weighted by atomic mass is 10.8. The van der Waals surface area contributed by atoms with Crippen molar-refractivity contribution in [2.75, 3.05) is 0 Å². The first kappa shape index (κ1) is 8.19. The molecule has 1 heterocycles. The number of halogens is 4. The Morgan fingerprint density at radius 2 is 2.27 bits per heavy atom. The van der Waals surface area contributed by atoms with Gasteiger partial charge in [-0.2, -0.15) is 0 Å². The Balaban J connectivity index is 2.72. The first-order valence-corrected chi connectivity index (χ1v) is 2.75. The summed E-state index contributed by atoms with van der Waals surface area (Å²) < 4.78 is 34.3. The summed E-state index contributed by atoms with van der Waals surface area (Å²) >= 11 is 5.19. The molecule has 3 nitrogen and oxygen atoms in total. The third kappa shape index (κ3) is 2.30. The minimum Gasteiger partial charge on any atom is -0.294 e. The van der Waals surface area contributed by atoms with Gasteiger partial charge in [-0.05, 0) is 0 Å². The second-order valence-corrected chi connectivity index (χ2v) is 1.89. The molecular weight excluding hydrogens is 185 g/mol. The quantitative estimate of drug-likeness (QED) is 0.659. The SMILES string of the molecule is FC(F)(F)On1n[c]cc1Cl. The first-order valence-electron chi connectivity index (χ1n) is 2.37. The van der Waals surface area contributed by atoms with E-state index in [1.807, 2.05) is 0 Å². The molecule has 1 aromatic rings. The van der Waals surface area contributed by atoms with Crippen molar-refractivity contribution in [3.8, 4) is 0 Å². The predicted octanol–water partition coefficient (Wildman–Crippen LogP) is 1.29. The zero-order chi connectivity index (χ0) is 8.48. The molecule has 0 saturated carbocycles. The van der Waals surface area contributed by atoms with Crippen LogP contribution in [0.1, 0.15) is 0 Å². The second kappa shape index (κ2) is 2.61. The topological polar surface area (TPSA) is 27.1 Å². The maximum Gasteiger partial charge on any atom is 0.593 e. The van der Waals surface area contributed by atoms with Crippen molar-refractivity contribution in [2.24, 2.45) is 0 Å². The fourth-order valence-corrected chi connectivity index (χ4v) is 0.521. The Kier molecular flexibility index (Phi) is 1.95. The zero-order valence-corrected chi connectivity index (χ0v) is 5.65. The molecule has 0 unspecified atom stereocenters. The van der Waals surface area contributed by atoms with Crippen molar-refractivity contribution in [3.05, 3.63) is 17.4 Å². The minimum atomic E-state index is -4.79. The van der Waals surface area contributed by atoms with Gasteiger partial charge in [0.25, 0.3) is 0 Å². The Morgan fingerprint density at radius 1 is 1.64 bits per heavy atom. The average Bonchev–Trinajstić information content (AvgIpc) is 2.12. The monoisotopic (exact) mass is 185 g/mol. The second-order valence-electron chi connectivity index (χ2n) is 1.51. The fraction of sp³-hybridized carbons (Fsp3) is 0.250. The van der Waals surface area contributed by atoms with Crippen LogP contribution in [0.5, 0.6) is 0 Å². The molecule has 0 bridgehead atoms. The number of aromatic nitrogens is 2. The van der Waals surface area contributed by atoms with Crippen LogP contribution in [0.4, 0.5) is 13.2 Å². The molecule has 0 spiro atoms. The van der Waals surface area contributed by atoms with Crippen molar-refractivity contribution < 1.29 is 18.0 Å². The maximum absolute atomic E-state index is 11.4. The van der Waals surface area contributed by atoms with E-state index in [2.05, 4.69) is 16.1 Å². The molecule has 0 N–H and O–H groups in total. The third-order valence-corrected chi connectivity index (χ3v) is 0.959. The average molecular weight is 186 g/mol. The van der Waals surface area contributed by atoms with Gasteiger partial charge in [0, 0.05) is 6.07 Å². The van der Waals surface area contributed by atoms with Crippen LogP contribution < -0.4 is 4.84 Å². The van der Waals surface area contributed by atoms with Crippen LogP contribution in [0.15, 0.2) is 6.07 Å². The van der Waals surface area contributed by atoms with Gasteiger partial charge in [0.2, 0.25) is 0 Å². The van der Waals surface area contributed by atoms with Crippen molar-refractivity contribution in [3.63, 3.8) is 0 Å². The zero-order valence-electron chi connectivity index (χ0n) is 4.89. The number of hydrogen-bond donors (Lipinski definition) is 0.